The van der Waals surface area contributed by atoms with Gasteiger partial charge >= 0.3 is 0 Å². The van der Waals surface area contributed by atoms with Crippen molar-refractivity contribution in [1.29, 1.82) is 0 Å². The number of anilines is 1. The van der Waals surface area contributed by atoms with Crippen LogP contribution in [0.15, 0.2) is 59.5 Å². The molecule has 2 aromatic carbocycles. The third kappa shape index (κ3) is 5.31. The van der Waals surface area contributed by atoms with E-state index in [1.807, 2.05) is 36.4 Å². The highest BCUT2D eigenvalue weighted by molar-refractivity contribution is 7.89. The number of nitrogens with zero attached hydrogens (tertiary/aromatic N) is 3. The number of nitrogens with one attached hydrogen (secondary N) is 1. The Morgan fingerprint density at radius 3 is 2.53 bits per heavy atom. The van der Waals surface area contributed by atoms with E-state index in [4.69, 9.17) is 5.73 Å². The van der Waals surface area contributed by atoms with Gasteiger partial charge < -0.3 is 11.1 Å². The fraction of sp³-hybridized carbons (Fsp3) is 0.360. The first kappa shape index (κ1) is 24.0. The van der Waals surface area contributed by atoms with Crippen LogP contribution < -0.4 is 11.1 Å². The number of para-hydroxylation sites is 1. The number of carbonyl (C=O) groups is 1. The molecule has 1 fully saturated rings. The zero-order valence-electron chi connectivity index (χ0n) is 19.4. The molecule has 0 spiro atoms. The molecule has 3 aromatic rings. The number of carbonyl (C=O) groups excluding carboxylic acids is 1. The summed E-state index contributed by atoms with van der Waals surface area (Å²) in [5, 5.41) is 7.44. The predicted molar refractivity (Wildman–Crippen MR) is 132 cm³/mol. The van der Waals surface area contributed by atoms with Gasteiger partial charge in [-0.15, -0.1) is 0 Å². The number of aromatic nitrogens is 2. The van der Waals surface area contributed by atoms with Gasteiger partial charge in [0.25, 0.3) is 5.91 Å². The van der Waals surface area contributed by atoms with Gasteiger partial charge in [-0.3, -0.25) is 4.79 Å². The summed E-state index contributed by atoms with van der Waals surface area (Å²) in [4.78, 5) is 12.9. The maximum atomic E-state index is 13.1. The van der Waals surface area contributed by atoms with Crippen molar-refractivity contribution < 1.29 is 13.2 Å². The second kappa shape index (κ2) is 10.4. The summed E-state index contributed by atoms with van der Waals surface area (Å²) in [5.41, 5.74) is 8.83. The molecule has 1 aliphatic rings. The van der Waals surface area contributed by atoms with E-state index in [1.165, 1.54) is 10.4 Å². The molecule has 0 bridgehead atoms. The molecule has 8 nitrogen and oxygen atoms in total. The third-order valence-electron chi connectivity index (χ3n) is 6.07. The number of sulfonamides is 1. The molecule has 1 aliphatic heterocycles. The van der Waals surface area contributed by atoms with Crippen LogP contribution in [0.4, 0.5) is 5.82 Å². The molecule has 34 heavy (non-hydrogen) atoms. The summed E-state index contributed by atoms with van der Waals surface area (Å²) in [6, 6.07) is 16.4. The van der Waals surface area contributed by atoms with E-state index in [0.717, 1.165) is 30.6 Å². The number of piperidine rings is 1. The second-order valence-corrected chi connectivity index (χ2v) is 10.5. The van der Waals surface area contributed by atoms with Gasteiger partial charge in [0, 0.05) is 31.3 Å². The monoisotopic (exact) mass is 481 g/mol. The summed E-state index contributed by atoms with van der Waals surface area (Å²) in [7, 11) is -3.60. The highest BCUT2D eigenvalue weighted by Gasteiger charge is 2.28. The predicted octanol–water partition coefficient (Wildman–Crippen LogP) is 3.30. The first-order valence-corrected chi connectivity index (χ1v) is 13.1. The van der Waals surface area contributed by atoms with E-state index in [2.05, 4.69) is 10.4 Å². The lowest BCUT2D eigenvalue weighted by atomic mass is 10.1. The lowest BCUT2D eigenvalue weighted by Crippen LogP contribution is -2.36. The summed E-state index contributed by atoms with van der Waals surface area (Å²) in [6.45, 7) is 3.27. The second-order valence-electron chi connectivity index (χ2n) is 8.61. The highest BCUT2D eigenvalue weighted by atomic mass is 32.2. The first-order valence-electron chi connectivity index (χ1n) is 11.6. The molecule has 0 atom stereocenters. The van der Waals surface area contributed by atoms with Crippen molar-refractivity contribution in [3.8, 4) is 5.69 Å². The fourth-order valence-electron chi connectivity index (χ4n) is 4.18. The normalized spacial score (nSPS) is 14.7. The molecule has 0 radical (unpaired) electrons. The average molecular weight is 482 g/mol. The van der Waals surface area contributed by atoms with Gasteiger partial charge in [-0.05, 0) is 62.4 Å². The van der Waals surface area contributed by atoms with E-state index in [9.17, 15) is 13.2 Å². The third-order valence-corrected chi connectivity index (χ3v) is 8.11. The minimum Gasteiger partial charge on any atom is -0.384 e. The number of aryl methyl sites for hydroxylation is 2. The maximum absolute atomic E-state index is 13.1. The fourth-order valence-corrected chi connectivity index (χ4v) is 5.95. The van der Waals surface area contributed by atoms with Crippen LogP contribution in [0.25, 0.3) is 5.69 Å². The van der Waals surface area contributed by atoms with Crippen molar-refractivity contribution in [1.82, 2.24) is 19.4 Å². The molecule has 0 unspecified atom stereocenters. The zero-order chi connectivity index (χ0) is 24.1. The van der Waals surface area contributed by atoms with Crippen molar-refractivity contribution in [2.45, 2.75) is 43.9 Å². The summed E-state index contributed by atoms with van der Waals surface area (Å²) in [5.74, 6) is 0.275. The van der Waals surface area contributed by atoms with Crippen LogP contribution in [0.3, 0.4) is 0 Å². The number of nitrogens with two attached hydrogens (primary N) is 1. The molecule has 0 saturated carbocycles. The smallest absolute Gasteiger partial charge is 0.251 e. The van der Waals surface area contributed by atoms with Gasteiger partial charge in [0.1, 0.15) is 5.82 Å². The standard InChI is InChI=1S/C25H31N5O3S/c1-19-12-13-20(17-23(19)34(32,33)29-15-6-3-7-16-29)25(31)27-14-8-9-21-18-24(26)30(28-21)22-10-4-2-5-11-22/h2,4-5,10-13,17-18H,3,6-9,14-16,26H2,1H3,(H,27,31). The SMILES string of the molecule is Cc1ccc(C(=O)NCCCc2cc(N)n(-c3ccccc3)n2)cc1S(=O)(=O)N1CCCCC1. The van der Waals surface area contributed by atoms with Crippen LogP contribution in [0.2, 0.25) is 0 Å². The number of nitrogen functional groups attached to an aromatic ring is 1. The quantitative estimate of drug-likeness (QED) is 0.480. The molecule has 1 aromatic heterocycles. The largest absolute Gasteiger partial charge is 0.384 e. The Kier molecular flexibility index (Phi) is 7.33. The van der Waals surface area contributed by atoms with Gasteiger partial charge in [0.05, 0.1) is 16.3 Å². The van der Waals surface area contributed by atoms with E-state index >= 15 is 0 Å². The average Bonchev–Trinajstić information content (AvgIpc) is 3.23. The molecular weight excluding hydrogens is 450 g/mol. The molecule has 2 heterocycles. The Bertz CT molecular complexity index is 1250. The molecule has 1 saturated heterocycles. The number of benzene rings is 2. The summed E-state index contributed by atoms with van der Waals surface area (Å²) >= 11 is 0. The molecular formula is C25H31N5O3S. The lowest BCUT2D eigenvalue weighted by molar-refractivity contribution is 0.0953. The van der Waals surface area contributed by atoms with Gasteiger partial charge in [0.15, 0.2) is 0 Å². The Hall–Kier alpha value is -3.17. The Morgan fingerprint density at radius 1 is 1.06 bits per heavy atom. The van der Waals surface area contributed by atoms with Crippen molar-refractivity contribution >= 4 is 21.7 Å². The van der Waals surface area contributed by atoms with E-state index in [-0.39, 0.29) is 10.8 Å². The van der Waals surface area contributed by atoms with Crippen LogP contribution >= 0.6 is 0 Å². The molecule has 9 heteroatoms. The number of amides is 1. The van der Waals surface area contributed by atoms with Crippen LogP contribution in [0.1, 0.15) is 47.3 Å². The van der Waals surface area contributed by atoms with Crippen LogP contribution in [-0.4, -0.2) is 48.0 Å². The Labute approximate surface area is 200 Å². The van der Waals surface area contributed by atoms with Crippen molar-refractivity contribution in [2.24, 2.45) is 0 Å². The molecule has 1 amide bonds. The van der Waals surface area contributed by atoms with Crippen molar-refractivity contribution in [3.05, 3.63) is 71.4 Å². The number of hydrogen-bond donors (Lipinski definition) is 2. The lowest BCUT2D eigenvalue weighted by Gasteiger charge is -2.26. The molecule has 180 valence electrons. The number of hydrogen-bond acceptors (Lipinski definition) is 5. The Balaban J connectivity index is 1.35. The van der Waals surface area contributed by atoms with Gasteiger partial charge in [-0.25, -0.2) is 13.1 Å². The minimum absolute atomic E-state index is 0.212. The number of rotatable bonds is 8. The zero-order valence-corrected chi connectivity index (χ0v) is 20.2. The molecule has 4 rings (SSSR count). The highest BCUT2D eigenvalue weighted by Crippen LogP contribution is 2.24. The van der Waals surface area contributed by atoms with Crippen LogP contribution in [0.5, 0.6) is 0 Å². The van der Waals surface area contributed by atoms with Crippen LogP contribution in [-0.2, 0) is 16.4 Å². The molecule has 0 aliphatic carbocycles. The maximum Gasteiger partial charge on any atom is 0.251 e. The van der Waals surface area contributed by atoms with E-state index in [0.29, 0.717) is 49.4 Å². The van der Waals surface area contributed by atoms with Gasteiger partial charge in [0.2, 0.25) is 10.0 Å². The van der Waals surface area contributed by atoms with Crippen LogP contribution in [0, 0.1) is 6.92 Å². The van der Waals surface area contributed by atoms with Gasteiger partial charge in [-0.2, -0.15) is 9.40 Å². The topological polar surface area (TPSA) is 110 Å². The summed E-state index contributed by atoms with van der Waals surface area (Å²) < 4.78 is 29.4. The van der Waals surface area contributed by atoms with Crippen molar-refractivity contribution in [3.63, 3.8) is 0 Å². The van der Waals surface area contributed by atoms with Gasteiger partial charge in [-0.1, -0.05) is 30.7 Å². The Morgan fingerprint density at radius 2 is 1.79 bits per heavy atom. The van der Waals surface area contributed by atoms with E-state index in [1.54, 1.807) is 23.7 Å². The molecule has 3 N–H and O–H groups in total. The summed E-state index contributed by atoms with van der Waals surface area (Å²) in [6.07, 6.45) is 4.13. The first-order chi connectivity index (χ1) is 16.4. The van der Waals surface area contributed by atoms with Crippen molar-refractivity contribution in [2.75, 3.05) is 25.4 Å². The van der Waals surface area contributed by atoms with E-state index < -0.39 is 10.0 Å². The minimum atomic E-state index is -3.60.